The molecule has 0 unspecified atom stereocenters. The van der Waals surface area contributed by atoms with Crippen molar-refractivity contribution in [1.82, 2.24) is 19.7 Å². The van der Waals surface area contributed by atoms with E-state index in [2.05, 4.69) is 15.2 Å². The largest absolute Gasteiger partial charge is 0.395 e. The van der Waals surface area contributed by atoms with Crippen LogP contribution in [0.1, 0.15) is 40.5 Å². The van der Waals surface area contributed by atoms with Crippen LogP contribution in [0.25, 0.3) is 0 Å². The number of likely N-dealkylation sites (tertiary alicyclic amines) is 1. The standard InChI is InChI=1S/C29H40N6O5/c1-2-30-25-4-3-11-31-26(25)32-14-16-34(17-15-32)28(39)23-7-5-22(6-8-23)27(38)33-12-9-24(10-13-33)29(40)35(18-20-36)19-21-37/h3-8,11,24,30,36-37H,2,9-10,12-21H2,1H3. The maximum atomic E-state index is 13.2. The van der Waals surface area contributed by atoms with Gasteiger partial charge in [-0.25, -0.2) is 4.98 Å². The summed E-state index contributed by atoms with van der Waals surface area (Å²) in [7, 11) is 0. The number of anilines is 2. The van der Waals surface area contributed by atoms with Crippen LogP contribution in [0.5, 0.6) is 0 Å². The fourth-order valence-corrected chi connectivity index (χ4v) is 5.38. The van der Waals surface area contributed by atoms with E-state index in [9.17, 15) is 24.6 Å². The van der Waals surface area contributed by atoms with Gasteiger partial charge in [-0.15, -0.1) is 0 Å². The SMILES string of the molecule is CCNc1cccnc1N1CCN(C(=O)c2ccc(C(=O)N3CCC(C(=O)N(CCO)CCO)CC3)cc2)CC1. The Kier molecular flexibility index (Phi) is 10.3. The summed E-state index contributed by atoms with van der Waals surface area (Å²) < 4.78 is 0. The zero-order chi connectivity index (χ0) is 28.5. The van der Waals surface area contributed by atoms with Gasteiger partial charge in [0.25, 0.3) is 11.8 Å². The fourth-order valence-electron chi connectivity index (χ4n) is 5.38. The van der Waals surface area contributed by atoms with Crippen molar-refractivity contribution in [3.8, 4) is 0 Å². The molecule has 0 aliphatic carbocycles. The lowest BCUT2D eigenvalue weighted by Gasteiger charge is -2.36. The van der Waals surface area contributed by atoms with E-state index in [-0.39, 0.29) is 49.9 Å². The van der Waals surface area contributed by atoms with E-state index in [0.29, 0.717) is 63.2 Å². The second-order valence-electron chi connectivity index (χ2n) is 10.1. The van der Waals surface area contributed by atoms with Gasteiger partial charge in [0.15, 0.2) is 5.82 Å². The van der Waals surface area contributed by atoms with Gasteiger partial charge in [0.1, 0.15) is 0 Å². The highest BCUT2D eigenvalue weighted by Gasteiger charge is 2.31. The van der Waals surface area contributed by atoms with E-state index >= 15 is 0 Å². The predicted molar refractivity (Wildman–Crippen MR) is 152 cm³/mol. The maximum absolute atomic E-state index is 13.2. The van der Waals surface area contributed by atoms with E-state index in [1.54, 1.807) is 35.4 Å². The fraction of sp³-hybridized carbons (Fsp3) is 0.517. The van der Waals surface area contributed by atoms with Crippen molar-refractivity contribution in [1.29, 1.82) is 0 Å². The highest BCUT2D eigenvalue weighted by molar-refractivity contribution is 5.98. The Balaban J connectivity index is 1.29. The zero-order valence-corrected chi connectivity index (χ0v) is 23.2. The Bertz CT molecular complexity index is 1140. The molecule has 11 nitrogen and oxygen atoms in total. The third-order valence-electron chi connectivity index (χ3n) is 7.58. The molecule has 0 saturated carbocycles. The van der Waals surface area contributed by atoms with Gasteiger partial charge in [-0.2, -0.15) is 0 Å². The lowest BCUT2D eigenvalue weighted by atomic mass is 9.94. The third-order valence-corrected chi connectivity index (χ3v) is 7.58. The number of piperazine rings is 1. The molecule has 2 aliphatic heterocycles. The number of rotatable bonds is 10. The number of aromatic nitrogens is 1. The van der Waals surface area contributed by atoms with Crippen molar-refractivity contribution < 1.29 is 24.6 Å². The molecule has 3 amide bonds. The van der Waals surface area contributed by atoms with E-state index < -0.39 is 0 Å². The number of hydrogen-bond donors (Lipinski definition) is 3. The smallest absolute Gasteiger partial charge is 0.253 e. The zero-order valence-electron chi connectivity index (χ0n) is 23.2. The van der Waals surface area contributed by atoms with Gasteiger partial charge in [0.2, 0.25) is 5.91 Å². The molecule has 1 aromatic heterocycles. The van der Waals surface area contributed by atoms with E-state index in [0.717, 1.165) is 18.1 Å². The van der Waals surface area contributed by atoms with Gasteiger partial charge in [-0.05, 0) is 56.2 Å². The number of piperidine rings is 1. The van der Waals surface area contributed by atoms with Crippen LogP contribution in [-0.4, -0.2) is 120 Å². The minimum absolute atomic E-state index is 0.0544. The molecule has 2 aromatic rings. The number of pyridine rings is 1. The summed E-state index contributed by atoms with van der Waals surface area (Å²) in [4.78, 5) is 50.8. The van der Waals surface area contributed by atoms with Crippen LogP contribution in [-0.2, 0) is 4.79 Å². The van der Waals surface area contributed by atoms with Crippen molar-refractivity contribution in [3.63, 3.8) is 0 Å². The second-order valence-corrected chi connectivity index (χ2v) is 10.1. The number of aliphatic hydroxyl groups is 2. The first-order valence-electron chi connectivity index (χ1n) is 14.1. The number of nitrogens with zero attached hydrogens (tertiary/aromatic N) is 5. The summed E-state index contributed by atoms with van der Waals surface area (Å²) in [5, 5.41) is 21.7. The van der Waals surface area contributed by atoms with Crippen molar-refractivity contribution in [2.24, 2.45) is 5.92 Å². The highest BCUT2D eigenvalue weighted by Crippen LogP contribution is 2.25. The molecule has 216 valence electrons. The molecule has 0 atom stereocenters. The summed E-state index contributed by atoms with van der Waals surface area (Å²) >= 11 is 0. The molecule has 2 saturated heterocycles. The maximum Gasteiger partial charge on any atom is 0.253 e. The van der Waals surface area contributed by atoms with Gasteiger partial charge in [-0.1, -0.05) is 0 Å². The average Bonchev–Trinajstić information content (AvgIpc) is 3.00. The minimum Gasteiger partial charge on any atom is -0.395 e. The van der Waals surface area contributed by atoms with E-state index in [1.165, 1.54) is 4.90 Å². The normalized spacial score (nSPS) is 16.1. The molecular formula is C29H40N6O5. The molecular weight excluding hydrogens is 512 g/mol. The summed E-state index contributed by atoms with van der Waals surface area (Å²) in [6.45, 7) is 6.41. The summed E-state index contributed by atoms with van der Waals surface area (Å²) in [5.74, 6) is 0.418. The summed E-state index contributed by atoms with van der Waals surface area (Å²) in [6, 6.07) is 10.7. The Labute approximate surface area is 235 Å². The molecule has 0 bridgehead atoms. The Hall–Kier alpha value is -3.70. The molecule has 4 rings (SSSR count). The quantitative estimate of drug-likeness (QED) is 0.400. The number of carbonyl (C=O) groups is 3. The molecule has 40 heavy (non-hydrogen) atoms. The van der Waals surface area contributed by atoms with Crippen LogP contribution in [0, 0.1) is 5.92 Å². The predicted octanol–water partition coefficient (Wildman–Crippen LogP) is 1.14. The van der Waals surface area contributed by atoms with Gasteiger partial charge < -0.3 is 35.1 Å². The lowest BCUT2D eigenvalue weighted by Crippen LogP contribution is -2.49. The van der Waals surface area contributed by atoms with E-state index in [4.69, 9.17) is 0 Å². The molecule has 11 heteroatoms. The molecule has 3 N–H and O–H groups in total. The average molecular weight is 553 g/mol. The molecule has 0 radical (unpaired) electrons. The van der Waals surface area contributed by atoms with Crippen LogP contribution in [0.2, 0.25) is 0 Å². The van der Waals surface area contributed by atoms with Crippen molar-refractivity contribution >= 4 is 29.2 Å². The van der Waals surface area contributed by atoms with Crippen LogP contribution >= 0.6 is 0 Å². The van der Waals surface area contributed by atoms with Crippen LogP contribution in [0.3, 0.4) is 0 Å². The summed E-state index contributed by atoms with van der Waals surface area (Å²) in [6.07, 6.45) is 2.86. The Morgan fingerprint density at radius 1 is 0.875 bits per heavy atom. The van der Waals surface area contributed by atoms with Gasteiger partial charge in [0, 0.05) is 82.1 Å². The van der Waals surface area contributed by atoms with Crippen LogP contribution in [0.4, 0.5) is 11.5 Å². The van der Waals surface area contributed by atoms with E-state index in [1.807, 2.05) is 24.0 Å². The molecule has 1 aromatic carbocycles. The molecule has 3 heterocycles. The number of hydrogen-bond acceptors (Lipinski definition) is 8. The Morgan fingerprint density at radius 3 is 1.95 bits per heavy atom. The topological polar surface area (TPSA) is 130 Å². The number of amides is 3. The molecule has 2 fully saturated rings. The Morgan fingerprint density at radius 2 is 1.43 bits per heavy atom. The first kappa shape index (κ1) is 29.3. The first-order chi connectivity index (χ1) is 19.5. The minimum atomic E-state index is -0.227. The van der Waals surface area contributed by atoms with Crippen molar-refractivity contribution in [2.75, 3.05) is 82.3 Å². The number of aliphatic hydroxyl groups excluding tert-OH is 2. The number of carbonyl (C=O) groups excluding carboxylic acids is 3. The van der Waals surface area contributed by atoms with Crippen molar-refractivity contribution in [3.05, 3.63) is 53.7 Å². The van der Waals surface area contributed by atoms with Crippen LogP contribution < -0.4 is 10.2 Å². The molecule has 2 aliphatic rings. The number of benzene rings is 1. The second kappa shape index (κ2) is 14.1. The number of nitrogens with one attached hydrogen (secondary N) is 1. The van der Waals surface area contributed by atoms with Gasteiger partial charge >= 0.3 is 0 Å². The third kappa shape index (κ3) is 6.89. The summed E-state index contributed by atoms with van der Waals surface area (Å²) in [5.41, 5.74) is 2.05. The first-order valence-corrected chi connectivity index (χ1v) is 14.1. The van der Waals surface area contributed by atoms with Gasteiger partial charge in [0.05, 0.1) is 18.9 Å². The lowest BCUT2D eigenvalue weighted by molar-refractivity contribution is -0.138. The van der Waals surface area contributed by atoms with Crippen molar-refractivity contribution in [2.45, 2.75) is 19.8 Å². The van der Waals surface area contributed by atoms with Crippen LogP contribution in [0.15, 0.2) is 42.6 Å². The van der Waals surface area contributed by atoms with Gasteiger partial charge in [-0.3, -0.25) is 14.4 Å². The monoisotopic (exact) mass is 552 g/mol. The highest BCUT2D eigenvalue weighted by atomic mass is 16.3. The molecule has 0 spiro atoms.